The molecule has 0 bridgehead atoms. The average molecular weight is 879 g/mol. The SMILES string of the molecule is CC(C)c1cc(-c2[c-]cccc2)ncc1[Si](C)(C)C.[Ir].[c-]1ccc2c(sc3cccc(-c4ccccc4)c32)c1-c1cc(CC2CCCC2)ccn1. The van der Waals surface area contributed by atoms with Gasteiger partial charge in [0.2, 0.25) is 0 Å². The molecule has 261 valence electrons. The van der Waals surface area contributed by atoms with Gasteiger partial charge in [-0.2, -0.15) is 11.3 Å². The van der Waals surface area contributed by atoms with Crippen LogP contribution in [0.3, 0.4) is 0 Å². The van der Waals surface area contributed by atoms with Gasteiger partial charge >= 0.3 is 0 Å². The maximum absolute atomic E-state index is 4.76. The normalized spacial score (nSPS) is 13.3. The summed E-state index contributed by atoms with van der Waals surface area (Å²) < 4.78 is 2.60. The minimum Gasteiger partial charge on any atom is -0.305 e. The summed E-state index contributed by atoms with van der Waals surface area (Å²) in [6, 6.07) is 43.2. The van der Waals surface area contributed by atoms with Gasteiger partial charge in [0.05, 0.1) is 8.07 Å². The average Bonchev–Trinajstić information content (AvgIpc) is 3.80. The van der Waals surface area contributed by atoms with Crippen LogP contribution in [0, 0.1) is 18.1 Å². The van der Waals surface area contributed by atoms with Gasteiger partial charge in [-0.05, 0) is 68.2 Å². The molecule has 8 rings (SSSR count). The molecule has 1 aliphatic carbocycles. The number of rotatable bonds is 7. The molecule has 51 heavy (non-hydrogen) atoms. The van der Waals surface area contributed by atoms with Crippen molar-refractivity contribution < 1.29 is 20.1 Å². The van der Waals surface area contributed by atoms with Gasteiger partial charge in [0.25, 0.3) is 0 Å². The quantitative estimate of drug-likeness (QED) is 0.118. The van der Waals surface area contributed by atoms with E-state index in [9.17, 15) is 0 Å². The summed E-state index contributed by atoms with van der Waals surface area (Å²) in [6.45, 7) is 11.7. The monoisotopic (exact) mass is 879 g/mol. The van der Waals surface area contributed by atoms with Crippen molar-refractivity contribution in [2.45, 2.75) is 71.5 Å². The topological polar surface area (TPSA) is 25.8 Å². The Morgan fingerprint density at radius 2 is 1.59 bits per heavy atom. The number of benzene rings is 4. The number of hydrogen-bond donors (Lipinski definition) is 0. The number of thiophene rings is 1. The summed E-state index contributed by atoms with van der Waals surface area (Å²) in [4.78, 5) is 9.42. The maximum Gasteiger partial charge on any atom is 0.0799 e. The van der Waals surface area contributed by atoms with Crippen LogP contribution in [0.25, 0.3) is 53.8 Å². The number of hydrogen-bond acceptors (Lipinski definition) is 3. The molecule has 0 amide bonds. The van der Waals surface area contributed by atoms with Crippen LogP contribution in [0.5, 0.6) is 0 Å². The largest absolute Gasteiger partial charge is 0.305 e. The molecule has 7 aromatic rings. The van der Waals surface area contributed by atoms with Crippen molar-refractivity contribution in [1.82, 2.24) is 9.97 Å². The summed E-state index contributed by atoms with van der Waals surface area (Å²) in [5.74, 6) is 1.37. The molecule has 2 nitrogen and oxygen atoms in total. The van der Waals surface area contributed by atoms with Crippen LogP contribution in [0.1, 0.15) is 56.6 Å². The second-order valence-corrected chi connectivity index (χ2v) is 21.1. The van der Waals surface area contributed by atoms with E-state index in [1.807, 2.05) is 35.7 Å². The second-order valence-electron chi connectivity index (χ2n) is 15.0. The first-order valence-corrected chi connectivity index (χ1v) is 22.4. The van der Waals surface area contributed by atoms with E-state index < -0.39 is 8.07 Å². The Bertz CT molecular complexity index is 2210. The fourth-order valence-corrected chi connectivity index (χ4v) is 10.3. The van der Waals surface area contributed by atoms with Crippen LogP contribution in [0.15, 0.2) is 116 Å². The van der Waals surface area contributed by atoms with E-state index in [0.29, 0.717) is 5.92 Å². The van der Waals surface area contributed by atoms with Gasteiger partial charge < -0.3 is 9.97 Å². The first-order chi connectivity index (χ1) is 24.3. The van der Waals surface area contributed by atoms with Gasteiger partial charge in [-0.1, -0.05) is 130 Å². The number of pyridine rings is 2. The molecule has 1 radical (unpaired) electrons. The first kappa shape index (κ1) is 37.0. The summed E-state index contributed by atoms with van der Waals surface area (Å²) in [7, 11) is -1.34. The third-order valence-corrected chi connectivity index (χ3v) is 13.2. The van der Waals surface area contributed by atoms with E-state index in [0.717, 1.165) is 28.4 Å². The van der Waals surface area contributed by atoms with Gasteiger partial charge in [-0.15, -0.1) is 59.7 Å². The predicted molar refractivity (Wildman–Crippen MR) is 218 cm³/mol. The fraction of sp³-hybridized carbons (Fsp3) is 0.261. The number of nitrogens with zero attached hydrogens (tertiary/aromatic N) is 2. The Hall–Kier alpha value is -3.73. The Morgan fingerprint density at radius 1 is 0.804 bits per heavy atom. The minimum absolute atomic E-state index is 0. The molecule has 3 aromatic heterocycles. The molecule has 0 atom stereocenters. The molecule has 1 saturated carbocycles. The van der Waals surface area contributed by atoms with Crippen LogP contribution in [0.2, 0.25) is 19.6 Å². The Morgan fingerprint density at radius 3 is 2.31 bits per heavy atom. The van der Waals surface area contributed by atoms with E-state index >= 15 is 0 Å². The van der Waals surface area contributed by atoms with Crippen molar-refractivity contribution >= 4 is 44.8 Å². The third kappa shape index (κ3) is 8.34. The Balaban J connectivity index is 0.000000194. The van der Waals surface area contributed by atoms with Crippen LogP contribution < -0.4 is 5.19 Å². The van der Waals surface area contributed by atoms with Crippen molar-refractivity contribution in [2.75, 3.05) is 0 Å². The number of fused-ring (bicyclic) bond motifs is 3. The van der Waals surface area contributed by atoms with Crippen molar-refractivity contribution in [1.29, 1.82) is 0 Å². The van der Waals surface area contributed by atoms with Crippen LogP contribution >= 0.6 is 11.3 Å². The van der Waals surface area contributed by atoms with E-state index in [2.05, 4.69) is 142 Å². The van der Waals surface area contributed by atoms with Gasteiger partial charge in [0, 0.05) is 37.2 Å². The van der Waals surface area contributed by atoms with Gasteiger partial charge in [-0.25, -0.2) is 0 Å². The molecule has 3 heterocycles. The Kier molecular flexibility index (Phi) is 11.8. The maximum atomic E-state index is 4.76. The number of aromatic nitrogens is 2. The first-order valence-electron chi connectivity index (χ1n) is 18.1. The second kappa shape index (κ2) is 16.3. The molecule has 0 saturated heterocycles. The molecular formula is C46H46IrN2SSi-2. The van der Waals surface area contributed by atoms with Crippen LogP contribution in [0.4, 0.5) is 0 Å². The van der Waals surface area contributed by atoms with Crippen molar-refractivity contribution in [2.24, 2.45) is 5.92 Å². The molecule has 0 N–H and O–H groups in total. The summed E-state index contributed by atoms with van der Waals surface area (Å²) in [5.41, 5.74) is 9.70. The van der Waals surface area contributed by atoms with E-state index in [1.54, 1.807) is 0 Å². The minimum atomic E-state index is -1.34. The molecule has 4 aromatic carbocycles. The summed E-state index contributed by atoms with van der Waals surface area (Å²) in [5, 5.41) is 4.12. The van der Waals surface area contributed by atoms with Crippen molar-refractivity contribution in [3.63, 3.8) is 0 Å². The van der Waals surface area contributed by atoms with E-state index in [-0.39, 0.29) is 20.1 Å². The van der Waals surface area contributed by atoms with Crippen LogP contribution in [-0.4, -0.2) is 18.0 Å². The van der Waals surface area contributed by atoms with Crippen molar-refractivity contribution in [3.05, 3.63) is 139 Å². The predicted octanol–water partition coefficient (Wildman–Crippen LogP) is 12.5. The van der Waals surface area contributed by atoms with Gasteiger partial charge in [0.15, 0.2) is 0 Å². The molecular weight excluding hydrogens is 833 g/mol. The molecule has 0 aliphatic heterocycles. The molecule has 1 fully saturated rings. The fourth-order valence-electron chi connectivity index (χ4n) is 7.40. The Labute approximate surface area is 322 Å². The van der Waals surface area contributed by atoms with Gasteiger partial charge in [-0.3, -0.25) is 0 Å². The zero-order chi connectivity index (χ0) is 34.7. The smallest absolute Gasteiger partial charge is 0.0799 e. The van der Waals surface area contributed by atoms with E-state index in [4.69, 9.17) is 4.98 Å². The zero-order valence-electron chi connectivity index (χ0n) is 30.3. The van der Waals surface area contributed by atoms with Crippen LogP contribution in [-0.2, 0) is 26.5 Å². The molecule has 0 unspecified atom stereocenters. The molecule has 1 aliphatic rings. The van der Waals surface area contributed by atoms with Gasteiger partial charge in [0.1, 0.15) is 0 Å². The summed E-state index contributed by atoms with van der Waals surface area (Å²) >= 11 is 1.86. The zero-order valence-corrected chi connectivity index (χ0v) is 34.5. The third-order valence-electron chi connectivity index (χ3n) is 9.97. The molecule has 0 spiro atoms. The summed E-state index contributed by atoms with van der Waals surface area (Å²) in [6.07, 6.45) is 10.8. The standard InChI is InChI=1S/C29H24NS.C17H22NSi.Ir/c1-2-10-22(11-3-1)23-12-7-15-27-28(23)25-14-6-13-24(29(25)31-27)26-19-21(16-17-30-26)18-20-8-4-5-9-20;1-13(2)15-11-16(14-9-7-6-8-10-14)18-12-17(15)19(3,4)5;/h1-3,6-7,10-12,14-17,19-20H,4-5,8-9,18H2;6-9,11-13H,1-5H3;/q2*-1;. The molecule has 5 heteroatoms. The van der Waals surface area contributed by atoms with E-state index in [1.165, 1.54) is 79.7 Å². The van der Waals surface area contributed by atoms with Crippen molar-refractivity contribution in [3.8, 4) is 33.6 Å².